The number of alkyl halides is 1. The Hall–Kier alpha value is -1.85. The van der Waals surface area contributed by atoms with Gasteiger partial charge in [0.2, 0.25) is 5.88 Å². The first-order valence-corrected chi connectivity index (χ1v) is 12.8. The molecule has 0 amide bonds. The molecule has 0 saturated carbocycles. The molecule has 0 spiro atoms. The lowest BCUT2D eigenvalue weighted by Gasteiger charge is -2.34. The molecule has 1 N–H and O–H groups in total. The summed E-state index contributed by atoms with van der Waals surface area (Å²) in [5.41, 5.74) is -0.556. The number of hydrogen-bond donors (Lipinski definition) is 1. The van der Waals surface area contributed by atoms with Crippen molar-refractivity contribution in [1.29, 1.82) is 0 Å². The van der Waals surface area contributed by atoms with E-state index in [-0.39, 0.29) is 5.56 Å². The SMILES string of the molecule is CC(C)(F)CN1CCC(COc2cnc(-c3ccc([S+]([O-])N4CC[C@H](O)C4)cc3F)cn2)CC1. The van der Waals surface area contributed by atoms with E-state index in [4.69, 9.17) is 4.74 Å². The van der Waals surface area contributed by atoms with E-state index in [2.05, 4.69) is 14.9 Å². The number of β-amino-alcohol motifs (C(OH)–C–C–N with tert-alkyl or cyclic N) is 1. The number of aliphatic hydroxyl groups excluding tert-OH is 1. The molecule has 1 aromatic heterocycles. The predicted octanol–water partition coefficient (Wildman–Crippen LogP) is 3.21. The number of ether oxygens (including phenoxy) is 1. The zero-order chi connectivity index (χ0) is 24.3. The lowest BCUT2D eigenvalue weighted by Crippen LogP contribution is -2.41. The minimum atomic E-state index is -1.52. The Morgan fingerprint density at radius 2 is 1.94 bits per heavy atom. The number of halogens is 2. The minimum Gasteiger partial charge on any atom is -0.593 e. The molecule has 2 atom stereocenters. The van der Waals surface area contributed by atoms with Crippen LogP contribution in [0.2, 0.25) is 0 Å². The second-order valence-electron chi connectivity index (χ2n) is 9.71. The molecule has 186 valence electrons. The van der Waals surface area contributed by atoms with Crippen LogP contribution in [0.1, 0.15) is 33.1 Å². The molecule has 3 heterocycles. The molecule has 2 saturated heterocycles. The van der Waals surface area contributed by atoms with Crippen molar-refractivity contribution in [2.24, 2.45) is 5.92 Å². The van der Waals surface area contributed by atoms with Gasteiger partial charge in [0.25, 0.3) is 0 Å². The monoisotopic (exact) mass is 494 g/mol. The second-order valence-corrected chi connectivity index (χ2v) is 11.2. The summed E-state index contributed by atoms with van der Waals surface area (Å²) >= 11 is -1.52. The van der Waals surface area contributed by atoms with Crippen LogP contribution in [0.4, 0.5) is 8.78 Å². The van der Waals surface area contributed by atoms with Crippen LogP contribution in [-0.4, -0.2) is 79.9 Å². The van der Waals surface area contributed by atoms with Crippen molar-refractivity contribution in [3.05, 3.63) is 36.4 Å². The standard InChI is InChI=1S/C24H32F2N4O3S/c1-24(2,26)16-29-8-5-17(6-9-29)15-33-23-13-27-22(12-28-23)20-4-3-19(11-21(20)25)34(32)30-10-7-18(31)14-30/h3-4,11-13,17-18,31H,5-10,14-16H2,1-2H3/t18-,34?/m0/s1. The number of piperidine rings is 1. The molecule has 2 aliphatic rings. The fraction of sp³-hybridized carbons (Fsp3) is 0.583. The fourth-order valence-corrected chi connectivity index (χ4v) is 5.66. The number of benzene rings is 1. The number of aliphatic hydroxyl groups is 1. The number of rotatable bonds is 8. The molecular formula is C24H32F2N4O3S. The average molecular weight is 495 g/mol. The van der Waals surface area contributed by atoms with Crippen LogP contribution in [0.3, 0.4) is 0 Å². The lowest BCUT2D eigenvalue weighted by atomic mass is 9.97. The summed E-state index contributed by atoms with van der Waals surface area (Å²) in [6.07, 6.45) is 4.90. The van der Waals surface area contributed by atoms with Crippen LogP contribution < -0.4 is 4.74 Å². The van der Waals surface area contributed by atoms with Crippen LogP contribution in [0.5, 0.6) is 5.88 Å². The van der Waals surface area contributed by atoms with Crippen molar-refractivity contribution in [2.45, 2.75) is 49.8 Å². The molecule has 1 aromatic carbocycles. The Labute approximate surface area is 202 Å². The van der Waals surface area contributed by atoms with Crippen molar-refractivity contribution in [3.8, 4) is 17.1 Å². The summed E-state index contributed by atoms with van der Waals surface area (Å²) in [7, 11) is 0. The van der Waals surface area contributed by atoms with E-state index in [1.165, 1.54) is 18.5 Å². The van der Waals surface area contributed by atoms with Gasteiger partial charge in [-0.1, -0.05) is 0 Å². The van der Waals surface area contributed by atoms with Gasteiger partial charge < -0.3 is 19.3 Å². The van der Waals surface area contributed by atoms with Gasteiger partial charge in [0, 0.05) is 24.7 Å². The summed E-state index contributed by atoms with van der Waals surface area (Å²) in [4.78, 5) is 11.1. The zero-order valence-electron chi connectivity index (χ0n) is 19.6. The molecule has 2 aliphatic heterocycles. The van der Waals surface area contributed by atoms with Crippen molar-refractivity contribution in [1.82, 2.24) is 19.2 Å². The van der Waals surface area contributed by atoms with Crippen LogP contribution in [0.15, 0.2) is 35.5 Å². The van der Waals surface area contributed by atoms with Crippen molar-refractivity contribution in [2.75, 3.05) is 39.3 Å². The van der Waals surface area contributed by atoms with E-state index in [0.29, 0.717) is 55.0 Å². The van der Waals surface area contributed by atoms with Crippen molar-refractivity contribution in [3.63, 3.8) is 0 Å². The largest absolute Gasteiger partial charge is 0.593 e. The third-order valence-corrected chi connectivity index (χ3v) is 7.64. The molecule has 0 bridgehead atoms. The normalized spacial score (nSPS) is 21.6. The Kier molecular flexibility index (Phi) is 8.04. The third kappa shape index (κ3) is 6.63. The van der Waals surface area contributed by atoms with Gasteiger partial charge in [-0.15, -0.1) is 4.31 Å². The highest BCUT2D eigenvalue weighted by Gasteiger charge is 2.31. The number of nitrogens with zero attached hydrogens (tertiary/aromatic N) is 4. The highest BCUT2D eigenvalue weighted by molar-refractivity contribution is 7.89. The molecular weight excluding hydrogens is 462 g/mol. The topological polar surface area (TPSA) is 84.8 Å². The maximum atomic E-state index is 14.8. The van der Waals surface area contributed by atoms with Crippen LogP contribution in [-0.2, 0) is 11.4 Å². The van der Waals surface area contributed by atoms with Gasteiger partial charge in [0.15, 0.2) is 4.90 Å². The van der Waals surface area contributed by atoms with Crippen LogP contribution in [0.25, 0.3) is 11.3 Å². The Bertz CT molecular complexity index is 952. The van der Waals surface area contributed by atoms with Gasteiger partial charge in [0.1, 0.15) is 11.5 Å². The van der Waals surface area contributed by atoms with E-state index >= 15 is 0 Å². The first kappa shape index (κ1) is 25.2. The maximum Gasteiger partial charge on any atom is 0.232 e. The van der Waals surface area contributed by atoms with E-state index in [9.17, 15) is 18.4 Å². The molecule has 4 rings (SSSR count). The van der Waals surface area contributed by atoms with Gasteiger partial charge in [0.05, 0.1) is 48.7 Å². The van der Waals surface area contributed by atoms with Gasteiger partial charge in [-0.25, -0.2) is 18.7 Å². The van der Waals surface area contributed by atoms with E-state index in [1.807, 2.05) is 0 Å². The first-order chi connectivity index (χ1) is 16.2. The highest BCUT2D eigenvalue weighted by Crippen LogP contribution is 2.27. The molecule has 2 aromatic rings. The first-order valence-electron chi connectivity index (χ1n) is 11.7. The average Bonchev–Trinajstić information content (AvgIpc) is 3.24. The second kappa shape index (κ2) is 10.8. The third-order valence-electron chi connectivity index (χ3n) is 6.18. The summed E-state index contributed by atoms with van der Waals surface area (Å²) in [6.45, 7) is 6.70. The highest BCUT2D eigenvalue weighted by atomic mass is 32.2. The quantitative estimate of drug-likeness (QED) is 0.564. The Morgan fingerprint density at radius 1 is 1.18 bits per heavy atom. The van der Waals surface area contributed by atoms with E-state index in [0.717, 1.165) is 25.9 Å². The van der Waals surface area contributed by atoms with E-state index in [1.54, 1.807) is 30.3 Å². The van der Waals surface area contributed by atoms with Gasteiger partial charge in [-0.2, -0.15) is 0 Å². The van der Waals surface area contributed by atoms with Crippen molar-refractivity contribution < 1.29 is 23.2 Å². The Morgan fingerprint density at radius 3 is 2.53 bits per heavy atom. The maximum absolute atomic E-state index is 14.8. The number of likely N-dealkylation sites (tertiary alicyclic amines) is 1. The van der Waals surface area contributed by atoms with Crippen molar-refractivity contribution >= 4 is 11.4 Å². The summed E-state index contributed by atoms with van der Waals surface area (Å²) in [5, 5.41) is 9.63. The van der Waals surface area contributed by atoms with E-state index < -0.39 is 29.0 Å². The van der Waals surface area contributed by atoms with Gasteiger partial charge in [-0.05, 0) is 64.3 Å². The molecule has 7 nitrogen and oxygen atoms in total. The number of hydrogen-bond acceptors (Lipinski definition) is 7. The molecule has 0 aliphatic carbocycles. The van der Waals surface area contributed by atoms with Crippen LogP contribution >= 0.6 is 0 Å². The predicted molar refractivity (Wildman–Crippen MR) is 126 cm³/mol. The van der Waals surface area contributed by atoms with Gasteiger partial charge in [-0.3, -0.25) is 0 Å². The molecule has 10 heteroatoms. The Balaban J connectivity index is 1.30. The summed E-state index contributed by atoms with van der Waals surface area (Å²) in [6, 6.07) is 4.41. The lowest BCUT2D eigenvalue weighted by molar-refractivity contribution is 0.0829. The fourth-order valence-electron chi connectivity index (χ4n) is 4.40. The smallest absolute Gasteiger partial charge is 0.232 e. The molecule has 2 fully saturated rings. The molecule has 1 unspecified atom stereocenters. The zero-order valence-corrected chi connectivity index (χ0v) is 20.4. The van der Waals surface area contributed by atoms with Gasteiger partial charge >= 0.3 is 0 Å². The summed E-state index contributed by atoms with van der Waals surface area (Å²) < 4.78 is 48.6. The molecule has 34 heavy (non-hydrogen) atoms. The summed E-state index contributed by atoms with van der Waals surface area (Å²) in [5.74, 6) is 0.224. The minimum absolute atomic E-state index is 0.268. The number of aromatic nitrogens is 2. The van der Waals surface area contributed by atoms with Crippen LogP contribution in [0, 0.1) is 11.7 Å². The molecule has 0 radical (unpaired) electrons.